The van der Waals surface area contributed by atoms with Gasteiger partial charge in [0.1, 0.15) is 15.9 Å². The molecule has 2 N–H and O–H groups in total. The highest BCUT2D eigenvalue weighted by atomic mass is 32.2. The van der Waals surface area contributed by atoms with E-state index in [-0.39, 0.29) is 5.92 Å². The number of carboxylic acids is 1. The van der Waals surface area contributed by atoms with Crippen molar-refractivity contribution in [2.75, 3.05) is 17.8 Å². The molecule has 0 aliphatic rings. The first-order valence-corrected chi connectivity index (χ1v) is 9.10. The van der Waals surface area contributed by atoms with E-state index in [1.807, 2.05) is 4.72 Å². The van der Waals surface area contributed by atoms with Gasteiger partial charge >= 0.3 is 5.97 Å². The van der Waals surface area contributed by atoms with E-state index < -0.39 is 43.4 Å². The van der Waals surface area contributed by atoms with Crippen LogP contribution in [0.1, 0.15) is 20.3 Å². The first kappa shape index (κ1) is 17.3. The van der Waals surface area contributed by atoms with E-state index in [9.17, 15) is 21.6 Å². The number of rotatable bonds is 8. The average Bonchev–Trinajstić information content (AvgIpc) is 2.21. The fourth-order valence-corrected chi connectivity index (χ4v) is 4.09. The SMILES string of the molecule is CCC(C)C(NS(=O)(=O)CCS(C)(=O)=O)C(=O)O. The monoisotopic (exact) mass is 301 g/mol. The topological polar surface area (TPSA) is 118 Å². The standard InChI is InChI=1S/C9H19NO6S2/c1-4-7(2)8(9(11)12)10-18(15,16)6-5-17(3,13)14/h7-8,10H,4-6H2,1-3H3,(H,11,12). The Morgan fingerprint density at radius 1 is 1.22 bits per heavy atom. The van der Waals surface area contributed by atoms with Crippen LogP contribution < -0.4 is 4.72 Å². The minimum atomic E-state index is -3.92. The Hall–Kier alpha value is -0.670. The summed E-state index contributed by atoms with van der Waals surface area (Å²) in [6, 6.07) is -1.24. The van der Waals surface area contributed by atoms with Crippen LogP contribution in [0.5, 0.6) is 0 Å². The van der Waals surface area contributed by atoms with Gasteiger partial charge in [-0.15, -0.1) is 0 Å². The quantitative estimate of drug-likeness (QED) is 0.621. The summed E-state index contributed by atoms with van der Waals surface area (Å²) in [6.45, 7) is 3.35. The largest absolute Gasteiger partial charge is 0.480 e. The lowest BCUT2D eigenvalue weighted by Crippen LogP contribution is -2.46. The van der Waals surface area contributed by atoms with Crippen LogP contribution >= 0.6 is 0 Å². The molecule has 0 radical (unpaired) electrons. The van der Waals surface area contributed by atoms with Crippen molar-refractivity contribution in [3.63, 3.8) is 0 Å². The first-order valence-electron chi connectivity index (χ1n) is 5.39. The Morgan fingerprint density at radius 2 is 1.72 bits per heavy atom. The lowest BCUT2D eigenvalue weighted by molar-refractivity contribution is -0.140. The van der Waals surface area contributed by atoms with E-state index in [0.717, 1.165) is 6.26 Å². The van der Waals surface area contributed by atoms with Gasteiger partial charge in [-0.2, -0.15) is 0 Å². The molecule has 0 aromatic rings. The normalized spacial score (nSPS) is 16.2. The molecule has 0 aromatic carbocycles. The number of carbonyl (C=O) groups is 1. The average molecular weight is 301 g/mol. The highest BCUT2D eigenvalue weighted by Gasteiger charge is 2.28. The number of aliphatic carboxylic acids is 1. The van der Waals surface area contributed by atoms with Crippen molar-refractivity contribution in [1.82, 2.24) is 4.72 Å². The van der Waals surface area contributed by atoms with Crippen LogP contribution in [0.15, 0.2) is 0 Å². The third-order valence-electron chi connectivity index (χ3n) is 2.51. The van der Waals surface area contributed by atoms with Gasteiger partial charge in [0.2, 0.25) is 10.0 Å². The Balaban J connectivity index is 4.77. The van der Waals surface area contributed by atoms with Gasteiger partial charge in [-0.3, -0.25) is 4.79 Å². The van der Waals surface area contributed by atoms with E-state index in [4.69, 9.17) is 5.11 Å². The van der Waals surface area contributed by atoms with Crippen LogP contribution in [-0.4, -0.2) is 51.7 Å². The van der Waals surface area contributed by atoms with Gasteiger partial charge in [-0.05, 0) is 5.92 Å². The zero-order valence-corrected chi connectivity index (χ0v) is 12.2. The first-order chi connectivity index (χ1) is 7.98. The fourth-order valence-electron chi connectivity index (χ4n) is 1.16. The van der Waals surface area contributed by atoms with E-state index in [1.54, 1.807) is 13.8 Å². The maximum Gasteiger partial charge on any atom is 0.322 e. The molecule has 0 aliphatic heterocycles. The molecule has 0 aliphatic carbocycles. The Morgan fingerprint density at radius 3 is 2.06 bits per heavy atom. The number of hydrogen-bond acceptors (Lipinski definition) is 5. The lowest BCUT2D eigenvalue weighted by atomic mass is 10.0. The zero-order chi connectivity index (χ0) is 14.6. The molecule has 0 spiro atoms. The van der Waals surface area contributed by atoms with Crippen molar-refractivity contribution in [2.24, 2.45) is 5.92 Å². The minimum absolute atomic E-state index is 0.379. The smallest absolute Gasteiger partial charge is 0.322 e. The summed E-state index contributed by atoms with van der Waals surface area (Å²) >= 11 is 0. The maximum atomic E-state index is 11.6. The van der Waals surface area contributed by atoms with Gasteiger partial charge in [0, 0.05) is 6.26 Å². The van der Waals surface area contributed by atoms with Crippen LogP contribution in [0, 0.1) is 5.92 Å². The summed E-state index contributed by atoms with van der Waals surface area (Å²) in [5.41, 5.74) is 0. The van der Waals surface area contributed by atoms with Crippen LogP contribution in [0.4, 0.5) is 0 Å². The second-order valence-electron chi connectivity index (χ2n) is 4.27. The van der Waals surface area contributed by atoms with Crippen molar-refractivity contribution >= 4 is 25.8 Å². The molecule has 0 heterocycles. The zero-order valence-electron chi connectivity index (χ0n) is 10.6. The molecule has 0 saturated heterocycles. The van der Waals surface area contributed by atoms with Crippen LogP contribution in [0.3, 0.4) is 0 Å². The van der Waals surface area contributed by atoms with E-state index >= 15 is 0 Å². The molecular weight excluding hydrogens is 282 g/mol. The fraction of sp³-hybridized carbons (Fsp3) is 0.889. The van der Waals surface area contributed by atoms with Crippen molar-refractivity contribution in [1.29, 1.82) is 0 Å². The highest BCUT2D eigenvalue weighted by molar-refractivity contribution is 7.93. The molecule has 9 heteroatoms. The van der Waals surface area contributed by atoms with Crippen LogP contribution in [0.2, 0.25) is 0 Å². The summed E-state index contributed by atoms with van der Waals surface area (Å²) in [7, 11) is -7.33. The molecule has 0 aromatic heterocycles. The van der Waals surface area contributed by atoms with Crippen molar-refractivity contribution in [3.05, 3.63) is 0 Å². The van der Waals surface area contributed by atoms with Gasteiger partial charge in [-0.25, -0.2) is 21.6 Å². The minimum Gasteiger partial charge on any atom is -0.480 e. The Labute approximate surface area is 108 Å². The molecule has 18 heavy (non-hydrogen) atoms. The predicted octanol–water partition coefficient (Wildman–Crippen LogP) is -0.550. The predicted molar refractivity (Wildman–Crippen MR) is 67.5 cm³/mol. The number of nitrogens with one attached hydrogen (secondary N) is 1. The number of sulfone groups is 1. The van der Waals surface area contributed by atoms with Gasteiger partial charge in [-0.1, -0.05) is 20.3 Å². The van der Waals surface area contributed by atoms with Gasteiger partial charge < -0.3 is 5.11 Å². The molecule has 0 bridgehead atoms. The van der Waals surface area contributed by atoms with Gasteiger partial charge in [0.25, 0.3) is 0 Å². The molecule has 0 rings (SSSR count). The summed E-state index contributed by atoms with van der Waals surface area (Å²) in [4.78, 5) is 10.9. The molecular formula is C9H19NO6S2. The van der Waals surface area contributed by atoms with Crippen molar-refractivity contribution < 1.29 is 26.7 Å². The van der Waals surface area contributed by atoms with Crippen molar-refractivity contribution in [3.8, 4) is 0 Å². The van der Waals surface area contributed by atoms with Gasteiger partial charge in [0.05, 0.1) is 11.5 Å². The summed E-state index contributed by atoms with van der Waals surface area (Å²) in [5.74, 6) is -2.82. The second-order valence-corrected chi connectivity index (χ2v) is 8.40. The van der Waals surface area contributed by atoms with Crippen molar-refractivity contribution in [2.45, 2.75) is 26.3 Å². The third kappa shape index (κ3) is 6.92. The van der Waals surface area contributed by atoms with E-state index in [0.29, 0.717) is 6.42 Å². The molecule has 2 atom stereocenters. The lowest BCUT2D eigenvalue weighted by Gasteiger charge is -2.19. The number of carboxylic acid groups (broad SMARTS) is 1. The Bertz CT molecular complexity index is 481. The number of hydrogen-bond donors (Lipinski definition) is 2. The van der Waals surface area contributed by atoms with Gasteiger partial charge in [0.15, 0.2) is 0 Å². The Kier molecular flexibility index (Phi) is 6.24. The van der Waals surface area contributed by atoms with Crippen LogP contribution in [-0.2, 0) is 24.7 Å². The second kappa shape index (κ2) is 6.48. The molecule has 2 unspecified atom stereocenters. The van der Waals surface area contributed by atoms with Crippen LogP contribution in [0.25, 0.3) is 0 Å². The molecule has 108 valence electrons. The highest BCUT2D eigenvalue weighted by Crippen LogP contribution is 2.09. The summed E-state index contributed by atoms with van der Waals surface area (Å²) in [5, 5.41) is 8.92. The summed E-state index contributed by atoms with van der Waals surface area (Å²) < 4.78 is 46.9. The van der Waals surface area contributed by atoms with E-state index in [1.165, 1.54) is 0 Å². The third-order valence-corrected chi connectivity index (χ3v) is 5.07. The molecule has 0 fully saturated rings. The molecule has 7 nitrogen and oxygen atoms in total. The maximum absolute atomic E-state index is 11.6. The molecule has 0 amide bonds. The number of sulfonamides is 1. The van der Waals surface area contributed by atoms with E-state index in [2.05, 4.69) is 0 Å². The summed E-state index contributed by atoms with van der Waals surface area (Å²) in [6.07, 6.45) is 1.41. The molecule has 0 saturated carbocycles.